The summed E-state index contributed by atoms with van der Waals surface area (Å²) >= 11 is 1.83. The highest BCUT2D eigenvalue weighted by Crippen LogP contribution is 2.46. The van der Waals surface area contributed by atoms with Crippen LogP contribution in [0.25, 0.3) is 97.0 Å². The molecule has 0 aliphatic carbocycles. The van der Waals surface area contributed by atoms with Crippen LogP contribution in [0.15, 0.2) is 162 Å². The minimum Gasteiger partial charge on any atom is -0.456 e. The summed E-state index contributed by atoms with van der Waals surface area (Å²) in [5.74, 6) is 0.903. The fraction of sp³-hybridized carbons (Fsp3) is 0. The lowest BCUT2D eigenvalue weighted by Gasteiger charge is -2.17. The van der Waals surface area contributed by atoms with Crippen molar-refractivity contribution in [3.8, 4) is 33.6 Å². The van der Waals surface area contributed by atoms with E-state index in [0.29, 0.717) is 0 Å². The normalized spacial score (nSPS) is 11.9. The Kier molecular flexibility index (Phi) is 5.51. The molecule has 0 amide bonds. The number of benzene rings is 8. The second kappa shape index (κ2) is 9.90. The van der Waals surface area contributed by atoms with E-state index in [4.69, 9.17) is 4.42 Å². The zero-order chi connectivity index (χ0) is 30.2. The highest BCUT2D eigenvalue weighted by molar-refractivity contribution is 7.25. The van der Waals surface area contributed by atoms with E-state index in [2.05, 4.69) is 158 Å². The molecule has 0 saturated carbocycles. The molecule has 0 aliphatic rings. The van der Waals surface area contributed by atoms with Gasteiger partial charge in [0.05, 0.1) is 0 Å². The van der Waals surface area contributed by atoms with E-state index in [-0.39, 0.29) is 0 Å². The van der Waals surface area contributed by atoms with Gasteiger partial charge in [0.1, 0.15) is 11.3 Å². The van der Waals surface area contributed by atoms with Crippen LogP contribution in [0.5, 0.6) is 0 Å². The molecule has 0 saturated heterocycles. The molecule has 0 radical (unpaired) electrons. The first kappa shape index (κ1) is 25.6. The third-order valence-corrected chi connectivity index (χ3v) is 10.6. The summed E-state index contributed by atoms with van der Waals surface area (Å²) in [7, 11) is 0. The molecule has 1 nitrogen and oxygen atoms in total. The summed E-state index contributed by atoms with van der Waals surface area (Å²) in [6.45, 7) is 0. The maximum atomic E-state index is 6.45. The fourth-order valence-corrected chi connectivity index (χ4v) is 8.40. The third kappa shape index (κ3) is 3.87. The lowest BCUT2D eigenvalue weighted by molar-refractivity contribution is 0.632. The molecule has 2 aromatic heterocycles. The van der Waals surface area contributed by atoms with Crippen molar-refractivity contribution in [2.24, 2.45) is 0 Å². The molecule has 46 heavy (non-hydrogen) atoms. The van der Waals surface area contributed by atoms with Crippen molar-refractivity contribution in [1.82, 2.24) is 0 Å². The van der Waals surface area contributed by atoms with Crippen molar-refractivity contribution in [3.63, 3.8) is 0 Å². The lowest BCUT2D eigenvalue weighted by Crippen LogP contribution is -1.90. The Morgan fingerprint density at radius 1 is 0.348 bits per heavy atom. The molecule has 8 aromatic carbocycles. The van der Waals surface area contributed by atoms with Gasteiger partial charge in [0, 0.05) is 31.1 Å². The molecule has 0 bridgehead atoms. The number of rotatable bonds is 3. The van der Waals surface area contributed by atoms with E-state index in [1.165, 1.54) is 74.7 Å². The molecule has 10 aromatic rings. The third-order valence-electron chi connectivity index (χ3n) is 9.42. The molecule has 0 N–H and O–H groups in total. The van der Waals surface area contributed by atoms with Crippen molar-refractivity contribution in [1.29, 1.82) is 0 Å². The van der Waals surface area contributed by atoms with Crippen LogP contribution in [0.3, 0.4) is 0 Å². The topological polar surface area (TPSA) is 13.1 Å². The van der Waals surface area contributed by atoms with E-state index in [9.17, 15) is 0 Å². The van der Waals surface area contributed by atoms with Crippen molar-refractivity contribution in [2.75, 3.05) is 0 Å². The summed E-state index contributed by atoms with van der Waals surface area (Å²) in [5, 5.41) is 11.2. The minimum absolute atomic E-state index is 0.903. The smallest absolute Gasteiger partial charge is 0.136 e. The SMILES string of the molecule is c1ccc(-c2c3ccccc3c(-c3ccc4sc5cc6oc(-c7ccc8ccccc8c7)cc6cc5c4c3)c3ccccc23)cc1. The quantitative estimate of drug-likeness (QED) is 0.183. The predicted molar refractivity (Wildman–Crippen MR) is 198 cm³/mol. The molecule has 10 rings (SSSR count). The zero-order valence-corrected chi connectivity index (χ0v) is 25.6. The first-order valence-electron chi connectivity index (χ1n) is 15.7. The Balaban J connectivity index is 1.18. The van der Waals surface area contributed by atoms with Gasteiger partial charge in [-0.3, -0.25) is 0 Å². The van der Waals surface area contributed by atoms with Crippen LogP contribution in [0.4, 0.5) is 0 Å². The monoisotopic (exact) mass is 602 g/mol. The van der Waals surface area contributed by atoms with Crippen LogP contribution in [0.1, 0.15) is 0 Å². The van der Waals surface area contributed by atoms with Crippen molar-refractivity contribution in [3.05, 3.63) is 158 Å². The van der Waals surface area contributed by atoms with Crippen molar-refractivity contribution < 1.29 is 4.42 Å². The average Bonchev–Trinajstić information content (AvgIpc) is 3.69. The molecule has 0 fully saturated rings. The van der Waals surface area contributed by atoms with Gasteiger partial charge in [0.25, 0.3) is 0 Å². The van der Waals surface area contributed by atoms with Gasteiger partial charge >= 0.3 is 0 Å². The molecule has 0 atom stereocenters. The Hall–Kier alpha value is -5.70. The summed E-state index contributed by atoms with van der Waals surface area (Å²) in [6.07, 6.45) is 0. The first-order valence-corrected chi connectivity index (χ1v) is 16.5. The highest BCUT2D eigenvalue weighted by Gasteiger charge is 2.18. The number of hydrogen-bond donors (Lipinski definition) is 0. The maximum absolute atomic E-state index is 6.45. The molecule has 214 valence electrons. The Bertz CT molecular complexity index is 2740. The maximum Gasteiger partial charge on any atom is 0.136 e. The zero-order valence-electron chi connectivity index (χ0n) is 24.8. The summed E-state index contributed by atoms with van der Waals surface area (Å²) in [6, 6.07) is 57.3. The van der Waals surface area contributed by atoms with Gasteiger partial charge in [0.15, 0.2) is 0 Å². The fourth-order valence-electron chi connectivity index (χ4n) is 7.31. The van der Waals surface area contributed by atoms with E-state index >= 15 is 0 Å². The van der Waals surface area contributed by atoms with Crippen LogP contribution < -0.4 is 0 Å². The van der Waals surface area contributed by atoms with Gasteiger partial charge in [-0.25, -0.2) is 0 Å². The Morgan fingerprint density at radius 3 is 1.70 bits per heavy atom. The number of fused-ring (bicyclic) bond motifs is 7. The summed E-state index contributed by atoms with van der Waals surface area (Å²) in [5.41, 5.74) is 7.09. The van der Waals surface area contributed by atoms with Crippen LogP contribution in [-0.4, -0.2) is 0 Å². The van der Waals surface area contributed by atoms with E-state index in [1.54, 1.807) is 0 Å². The second-order valence-corrected chi connectivity index (χ2v) is 13.2. The van der Waals surface area contributed by atoms with Crippen molar-refractivity contribution >= 4 is 74.8 Å². The number of furan rings is 1. The molecular formula is C44H26OS. The van der Waals surface area contributed by atoms with Gasteiger partial charge in [-0.2, -0.15) is 0 Å². The van der Waals surface area contributed by atoms with E-state index < -0.39 is 0 Å². The van der Waals surface area contributed by atoms with E-state index in [0.717, 1.165) is 22.3 Å². The van der Waals surface area contributed by atoms with Gasteiger partial charge in [-0.15, -0.1) is 11.3 Å². The molecular weight excluding hydrogens is 577 g/mol. The molecule has 0 aliphatic heterocycles. The Labute approximate surface area is 269 Å². The standard InChI is InChI=1S/C44H26OS/c1-2-11-28(12-3-1)43-33-14-6-8-16-35(33)44(36-17-9-7-15-34(36)43)31-20-21-41-37(23-31)38-24-32-25-39(45-40(32)26-42(38)46-41)30-19-18-27-10-4-5-13-29(27)22-30/h1-26H. The molecule has 2 heterocycles. The van der Waals surface area contributed by atoms with Crippen LogP contribution >= 0.6 is 11.3 Å². The van der Waals surface area contributed by atoms with Crippen LogP contribution in [0.2, 0.25) is 0 Å². The van der Waals surface area contributed by atoms with Crippen molar-refractivity contribution in [2.45, 2.75) is 0 Å². The Morgan fingerprint density at radius 2 is 0.957 bits per heavy atom. The first-order chi connectivity index (χ1) is 22.8. The van der Waals surface area contributed by atoms with Crippen LogP contribution in [-0.2, 0) is 0 Å². The van der Waals surface area contributed by atoms with Gasteiger partial charge in [-0.1, -0.05) is 121 Å². The predicted octanol–water partition coefficient (Wildman–Crippen LogP) is 13.3. The molecule has 2 heteroatoms. The lowest BCUT2D eigenvalue weighted by atomic mass is 9.86. The molecule has 0 spiro atoms. The van der Waals surface area contributed by atoms with Gasteiger partial charge < -0.3 is 4.42 Å². The van der Waals surface area contributed by atoms with Gasteiger partial charge in [0.2, 0.25) is 0 Å². The molecule has 0 unspecified atom stereocenters. The van der Waals surface area contributed by atoms with Crippen LogP contribution in [0, 0.1) is 0 Å². The largest absolute Gasteiger partial charge is 0.456 e. The average molecular weight is 603 g/mol. The summed E-state index contributed by atoms with van der Waals surface area (Å²) in [4.78, 5) is 0. The van der Waals surface area contributed by atoms with Gasteiger partial charge in [-0.05, 0) is 91.0 Å². The number of thiophene rings is 1. The summed E-state index contributed by atoms with van der Waals surface area (Å²) < 4.78 is 8.98. The minimum atomic E-state index is 0.903. The van der Waals surface area contributed by atoms with E-state index in [1.807, 2.05) is 11.3 Å². The second-order valence-electron chi connectivity index (χ2n) is 12.1. The number of hydrogen-bond acceptors (Lipinski definition) is 2. The highest BCUT2D eigenvalue weighted by atomic mass is 32.1.